The normalized spacial score (nSPS) is 16.6. The van der Waals surface area contributed by atoms with Crippen LogP contribution in [0.3, 0.4) is 0 Å². The second-order valence-electron chi connectivity index (χ2n) is 4.16. The highest BCUT2D eigenvalue weighted by molar-refractivity contribution is 5.97. The fourth-order valence-corrected chi connectivity index (χ4v) is 2.18. The van der Waals surface area contributed by atoms with Crippen LogP contribution in [0.5, 0.6) is 0 Å². The van der Waals surface area contributed by atoms with Gasteiger partial charge in [0.05, 0.1) is 25.0 Å². The molecular weight excluding hydrogens is 220 g/mol. The van der Waals surface area contributed by atoms with E-state index >= 15 is 0 Å². The topological polar surface area (TPSA) is 47.6 Å². The van der Waals surface area contributed by atoms with Gasteiger partial charge in [-0.25, -0.2) is 0 Å². The summed E-state index contributed by atoms with van der Waals surface area (Å²) in [5, 5.41) is 0. The first-order valence-electron chi connectivity index (χ1n) is 5.67. The molecular formula is C12H14N2O3. The molecule has 90 valence electrons. The van der Waals surface area contributed by atoms with Crippen molar-refractivity contribution in [2.24, 2.45) is 7.05 Å². The van der Waals surface area contributed by atoms with Gasteiger partial charge in [0.15, 0.2) is 5.58 Å². The van der Waals surface area contributed by atoms with Gasteiger partial charge < -0.3 is 18.6 Å². The van der Waals surface area contributed by atoms with Crippen LogP contribution in [0.15, 0.2) is 22.8 Å². The summed E-state index contributed by atoms with van der Waals surface area (Å²) in [6.45, 7) is 2.55. The quantitative estimate of drug-likeness (QED) is 0.746. The van der Waals surface area contributed by atoms with E-state index in [1.165, 1.54) is 0 Å². The average molecular weight is 234 g/mol. The fourth-order valence-electron chi connectivity index (χ4n) is 2.18. The lowest BCUT2D eigenvalue weighted by Gasteiger charge is -2.26. The third-order valence-electron chi connectivity index (χ3n) is 3.18. The first-order chi connectivity index (χ1) is 8.27. The van der Waals surface area contributed by atoms with E-state index in [1.807, 2.05) is 22.6 Å². The number of carbonyl (C=O) groups is 1. The Bertz CT molecular complexity index is 549. The number of furan rings is 1. The van der Waals surface area contributed by atoms with Gasteiger partial charge >= 0.3 is 0 Å². The lowest BCUT2D eigenvalue weighted by atomic mass is 10.3. The van der Waals surface area contributed by atoms with Crippen molar-refractivity contribution in [1.82, 2.24) is 9.47 Å². The molecule has 0 unspecified atom stereocenters. The number of fused-ring (bicyclic) bond motifs is 1. The molecule has 5 heteroatoms. The molecule has 0 N–H and O–H groups in total. The van der Waals surface area contributed by atoms with Crippen LogP contribution < -0.4 is 0 Å². The minimum atomic E-state index is 0.0437. The van der Waals surface area contributed by atoms with Crippen LogP contribution in [0.4, 0.5) is 0 Å². The molecule has 5 nitrogen and oxygen atoms in total. The van der Waals surface area contributed by atoms with Crippen LogP contribution in [0, 0.1) is 0 Å². The van der Waals surface area contributed by atoms with Gasteiger partial charge in [-0.05, 0) is 0 Å². The number of hydrogen-bond donors (Lipinski definition) is 0. The lowest BCUT2D eigenvalue weighted by molar-refractivity contribution is 0.0297. The number of nitrogens with zero attached hydrogens (tertiary/aromatic N) is 2. The Kier molecular flexibility index (Phi) is 2.40. The number of hydrogen-bond acceptors (Lipinski definition) is 3. The van der Waals surface area contributed by atoms with E-state index < -0.39 is 0 Å². The monoisotopic (exact) mass is 234 g/mol. The maximum Gasteiger partial charge on any atom is 0.270 e. The predicted octanol–water partition coefficient (Wildman–Crippen LogP) is 1.24. The Labute approximate surface area is 98.5 Å². The molecule has 0 aliphatic carbocycles. The molecule has 1 amide bonds. The molecule has 1 fully saturated rings. The van der Waals surface area contributed by atoms with Crippen LogP contribution in [0.2, 0.25) is 0 Å². The SMILES string of the molecule is Cn1c(C(=O)N2CCOCC2)cc2occc21. The number of morpholine rings is 1. The molecule has 0 atom stereocenters. The van der Waals surface area contributed by atoms with Crippen molar-refractivity contribution in [3.05, 3.63) is 24.1 Å². The van der Waals surface area contributed by atoms with Gasteiger partial charge in [0.1, 0.15) is 5.69 Å². The van der Waals surface area contributed by atoms with Crippen molar-refractivity contribution < 1.29 is 13.9 Å². The summed E-state index contributed by atoms with van der Waals surface area (Å²) in [4.78, 5) is 14.1. The molecule has 3 heterocycles. The summed E-state index contributed by atoms with van der Waals surface area (Å²) in [6, 6.07) is 3.67. The Morgan fingerprint density at radius 2 is 2.12 bits per heavy atom. The molecule has 2 aromatic rings. The number of aryl methyl sites for hydroxylation is 1. The largest absolute Gasteiger partial charge is 0.463 e. The summed E-state index contributed by atoms with van der Waals surface area (Å²) in [5.74, 6) is 0.0437. The van der Waals surface area contributed by atoms with Crippen LogP contribution in [-0.2, 0) is 11.8 Å². The zero-order valence-corrected chi connectivity index (χ0v) is 9.68. The molecule has 0 spiro atoms. The molecule has 17 heavy (non-hydrogen) atoms. The maximum absolute atomic E-state index is 12.3. The van der Waals surface area contributed by atoms with Crippen molar-refractivity contribution in [2.75, 3.05) is 26.3 Å². The van der Waals surface area contributed by atoms with Gasteiger partial charge in [0.2, 0.25) is 0 Å². The van der Waals surface area contributed by atoms with Gasteiger partial charge in [-0.15, -0.1) is 0 Å². The zero-order valence-electron chi connectivity index (χ0n) is 9.68. The smallest absolute Gasteiger partial charge is 0.270 e. The van der Waals surface area contributed by atoms with Crippen molar-refractivity contribution in [2.45, 2.75) is 0 Å². The summed E-state index contributed by atoms with van der Waals surface area (Å²) in [7, 11) is 1.88. The van der Waals surface area contributed by atoms with Crippen LogP contribution in [0.1, 0.15) is 10.5 Å². The van der Waals surface area contributed by atoms with E-state index in [-0.39, 0.29) is 5.91 Å². The van der Waals surface area contributed by atoms with Gasteiger partial charge in [-0.2, -0.15) is 0 Å². The summed E-state index contributed by atoms with van der Waals surface area (Å²) >= 11 is 0. The molecule has 3 rings (SSSR count). The minimum absolute atomic E-state index is 0.0437. The highest BCUT2D eigenvalue weighted by atomic mass is 16.5. The molecule has 1 aliphatic rings. The van der Waals surface area contributed by atoms with Gasteiger partial charge in [-0.3, -0.25) is 4.79 Å². The maximum atomic E-state index is 12.3. The molecule has 0 bridgehead atoms. The number of carbonyl (C=O) groups excluding carboxylic acids is 1. The van der Waals surface area contributed by atoms with Gasteiger partial charge in [0, 0.05) is 32.3 Å². The van der Waals surface area contributed by atoms with Crippen LogP contribution in [0.25, 0.3) is 11.1 Å². The van der Waals surface area contributed by atoms with E-state index in [4.69, 9.17) is 9.15 Å². The number of aromatic nitrogens is 1. The standard InChI is InChI=1S/C12H14N2O3/c1-13-9-2-5-17-11(9)8-10(13)12(15)14-3-6-16-7-4-14/h2,5,8H,3-4,6-7H2,1H3. The molecule has 1 saturated heterocycles. The number of ether oxygens (including phenoxy) is 1. The zero-order chi connectivity index (χ0) is 11.8. The Balaban J connectivity index is 1.94. The highest BCUT2D eigenvalue weighted by Crippen LogP contribution is 2.20. The third kappa shape index (κ3) is 1.63. The lowest BCUT2D eigenvalue weighted by Crippen LogP contribution is -2.41. The number of rotatable bonds is 1. The second-order valence-corrected chi connectivity index (χ2v) is 4.16. The Hall–Kier alpha value is -1.75. The third-order valence-corrected chi connectivity index (χ3v) is 3.18. The van der Waals surface area contributed by atoms with E-state index in [0.29, 0.717) is 32.0 Å². The fraction of sp³-hybridized carbons (Fsp3) is 0.417. The Morgan fingerprint density at radius 1 is 1.35 bits per heavy atom. The minimum Gasteiger partial charge on any atom is -0.463 e. The van der Waals surface area contributed by atoms with Crippen LogP contribution >= 0.6 is 0 Å². The van der Waals surface area contributed by atoms with Crippen LogP contribution in [-0.4, -0.2) is 41.7 Å². The first-order valence-corrected chi connectivity index (χ1v) is 5.67. The summed E-state index contributed by atoms with van der Waals surface area (Å²) in [6.07, 6.45) is 1.63. The molecule has 0 saturated carbocycles. The molecule has 2 aromatic heterocycles. The highest BCUT2D eigenvalue weighted by Gasteiger charge is 2.22. The van der Waals surface area contributed by atoms with Gasteiger partial charge in [0.25, 0.3) is 5.91 Å². The Morgan fingerprint density at radius 3 is 2.82 bits per heavy atom. The van der Waals surface area contributed by atoms with Crippen molar-refractivity contribution in [1.29, 1.82) is 0 Å². The average Bonchev–Trinajstić information content (AvgIpc) is 2.93. The predicted molar refractivity (Wildman–Crippen MR) is 61.9 cm³/mol. The van der Waals surface area contributed by atoms with E-state index in [0.717, 1.165) is 11.1 Å². The van der Waals surface area contributed by atoms with Crippen molar-refractivity contribution in [3.63, 3.8) is 0 Å². The molecule has 0 radical (unpaired) electrons. The van der Waals surface area contributed by atoms with E-state index in [1.54, 1.807) is 12.3 Å². The molecule has 0 aromatic carbocycles. The van der Waals surface area contributed by atoms with Crippen molar-refractivity contribution in [3.8, 4) is 0 Å². The van der Waals surface area contributed by atoms with Gasteiger partial charge in [-0.1, -0.05) is 0 Å². The number of amides is 1. The summed E-state index contributed by atoms with van der Waals surface area (Å²) < 4.78 is 12.4. The second kappa shape index (κ2) is 3.92. The van der Waals surface area contributed by atoms with Crippen molar-refractivity contribution >= 4 is 17.0 Å². The first kappa shape index (κ1) is 10.4. The molecule has 1 aliphatic heterocycles. The summed E-state index contributed by atoms with van der Waals surface area (Å²) in [5.41, 5.74) is 2.37. The van der Waals surface area contributed by atoms with E-state index in [2.05, 4.69) is 0 Å². The van der Waals surface area contributed by atoms with E-state index in [9.17, 15) is 4.79 Å².